The molecule has 3 aromatic rings. The van der Waals surface area contributed by atoms with Gasteiger partial charge in [0.25, 0.3) is 5.91 Å². The lowest BCUT2D eigenvalue weighted by Gasteiger charge is -2.22. The van der Waals surface area contributed by atoms with E-state index in [1.165, 1.54) is 6.39 Å². The van der Waals surface area contributed by atoms with Crippen LogP contribution < -0.4 is 0 Å². The molecule has 4 heterocycles. The van der Waals surface area contributed by atoms with E-state index in [2.05, 4.69) is 15.1 Å². The van der Waals surface area contributed by atoms with E-state index < -0.39 is 0 Å². The van der Waals surface area contributed by atoms with Crippen LogP contribution in [0.4, 0.5) is 0 Å². The molecule has 0 N–H and O–H groups in total. The third kappa shape index (κ3) is 3.25. The summed E-state index contributed by atoms with van der Waals surface area (Å²) < 4.78 is 12.7. The van der Waals surface area contributed by atoms with Crippen molar-refractivity contribution < 1.29 is 13.9 Å². The fraction of sp³-hybridized carbons (Fsp3) is 0.412. The molecule has 0 radical (unpaired) electrons. The lowest BCUT2D eigenvalue weighted by Crippen LogP contribution is -2.36. The number of aryl methyl sites for hydroxylation is 1. The molecule has 8 heteroatoms. The second-order valence-corrected chi connectivity index (χ2v) is 6.22. The average molecular weight is 341 g/mol. The average Bonchev–Trinajstić information content (AvgIpc) is 3.18. The molecular formula is C17H19N5O3. The highest BCUT2D eigenvalue weighted by Crippen LogP contribution is 2.16. The second-order valence-electron chi connectivity index (χ2n) is 6.22. The quantitative estimate of drug-likeness (QED) is 0.715. The highest BCUT2D eigenvalue weighted by Gasteiger charge is 2.27. The molecule has 1 fully saturated rings. The predicted octanol–water partition coefficient (Wildman–Crippen LogP) is 1.36. The molecule has 0 aliphatic carbocycles. The number of amides is 1. The van der Waals surface area contributed by atoms with Gasteiger partial charge in [-0.15, -0.1) is 0 Å². The van der Waals surface area contributed by atoms with Crippen molar-refractivity contribution in [2.24, 2.45) is 5.92 Å². The predicted molar refractivity (Wildman–Crippen MR) is 88.1 cm³/mol. The maximum atomic E-state index is 12.7. The highest BCUT2D eigenvalue weighted by molar-refractivity contribution is 5.92. The minimum atomic E-state index is -0.136. The zero-order valence-corrected chi connectivity index (χ0v) is 14.0. The van der Waals surface area contributed by atoms with E-state index in [9.17, 15) is 4.79 Å². The summed E-state index contributed by atoms with van der Waals surface area (Å²) in [5, 5.41) is 4.56. The van der Waals surface area contributed by atoms with Gasteiger partial charge >= 0.3 is 0 Å². The smallest absolute Gasteiger partial charge is 0.291 e. The summed E-state index contributed by atoms with van der Waals surface area (Å²) in [4.78, 5) is 22.7. The number of fused-ring (bicyclic) bond motifs is 1. The van der Waals surface area contributed by atoms with Crippen LogP contribution in [0.1, 0.15) is 21.9 Å². The zero-order valence-electron chi connectivity index (χ0n) is 14.0. The van der Waals surface area contributed by atoms with Gasteiger partial charge < -0.3 is 14.1 Å². The van der Waals surface area contributed by atoms with Crippen molar-refractivity contribution >= 4 is 11.6 Å². The lowest BCUT2D eigenvalue weighted by molar-refractivity contribution is 0.0704. The molecule has 1 atom stereocenters. The molecule has 0 bridgehead atoms. The Labute approximate surface area is 144 Å². The summed E-state index contributed by atoms with van der Waals surface area (Å²) in [5.74, 6) is 0.338. The van der Waals surface area contributed by atoms with Crippen molar-refractivity contribution in [3.05, 3.63) is 48.1 Å². The van der Waals surface area contributed by atoms with E-state index in [0.29, 0.717) is 37.8 Å². The van der Waals surface area contributed by atoms with Crippen molar-refractivity contribution in [3.63, 3.8) is 0 Å². The number of aromatic nitrogens is 4. The summed E-state index contributed by atoms with van der Waals surface area (Å²) in [5.41, 5.74) is 2.38. The highest BCUT2D eigenvalue weighted by atomic mass is 16.5. The van der Waals surface area contributed by atoms with Crippen LogP contribution in [0, 0.1) is 12.8 Å². The molecule has 0 aromatic carbocycles. The van der Waals surface area contributed by atoms with E-state index >= 15 is 0 Å². The second kappa shape index (κ2) is 6.64. The van der Waals surface area contributed by atoms with Gasteiger partial charge in [-0.25, -0.2) is 14.5 Å². The number of imidazole rings is 1. The first kappa shape index (κ1) is 15.8. The monoisotopic (exact) mass is 341 g/mol. The van der Waals surface area contributed by atoms with Crippen LogP contribution in [-0.4, -0.2) is 56.7 Å². The van der Waals surface area contributed by atoms with E-state index in [1.807, 2.05) is 18.3 Å². The Morgan fingerprint density at radius 1 is 1.36 bits per heavy atom. The van der Waals surface area contributed by atoms with E-state index in [0.717, 1.165) is 17.8 Å². The number of rotatable bonds is 3. The van der Waals surface area contributed by atoms with Crippen LogP contribution in [0.25, 0.3) is 5.65 Å². The number of ether oxygens (including phenoxy) is 1. The molecule has 25 heavy (non-hydrogen) atoms. The fourth-order valence-corrected chi connectivity index (χ4v) is 3.10. The number of nitrogens with zero attached hydrogens (tertiary/aromatic N) is 5. The number of hydrogen-bond acceptors (Lipinski definition) is 6. The molecule has 1 aliphatic heterocycles. The molecular weight excluding hydrogens is 322 g/mol. The maximum Gasteiger partial charge on any atom is 0.291 e. The Kier molecular flexibility index (Phi) is 4.19. The van der Waals surface area contributed by atoms with E-state index in [4.69, 9.17) is 9.15 Å². The Hall–Kier alpha value is -2.74. The third-order valence-electron chi connectivity index (χ3n) is 4.37. The van der Waals surface area contributed by atoms with Crippen LogP contribution in [-0.2, 0) is 11.2 Å². The largest absolute Gasteiger partial charge is 0.438 e. The molecule has 1 aliphatic rings. The number of carbonyl (C=O) groups is 1. The van der Waals surface area contributed by atoms with Gasteiger partial charge in [0.1, 0.15) is 0 Å². The zero-order chi connectivity index (χ0) is 17.2. The third-order valence-corrected chi connectivity index (χ3v) is 4.37. The van der Waals surface area contributed by atoms with E-state index in [-0.39, 0.29) is 11.8 Å². The van der Waals surface area contributed by atoms with Crippen LogP contribution in [0.5, 0.6) is 0 Å². The van der Waals surface area contributed by atoms with Gasteiger partial charge in [-0.05, 0) is 25.5 Å². The van der Waals surface area contributed by atoms with Crippen LogP contribution in [0.15, 0.2) is 35.3 Å². The molecule has 8 nitrogen and oxygen atoms in total. The number of oxazole rings is 1. The SMILES string of the molecule is Cc1ncoc1C(=O)N1CCOCC(Cc2ccc3nccn3n2)C1. The van der Waals surface area contributed by atoms with Crippen molar-refractivity contribution in [2.75, 3.05) is 26.3 Å². The van der Waals surface area contributed by atoms with Gasteiger partial charge in [0.05, 0.1) is 24.6 Å². The molecule has 3 aromatic heterocycles. The summed E-state index contributed by atoms with van der Waals surface area (Å²) in [6, 6.07) is 3.92. The first-order chi connectivity index (χ1) is 12.2. The fourth-order valence-electron chi connectivity index (χ4n) is 3.10. The Balaban J connectivity index is 1.49. The number of hydrogen-bond donors (Lipinski definition) is 0. The molecule has 1 saturated heterocycles. The lowest BCUT2D eigenvalue weighted by atomic mass is 10.0. The summed E-state index contributed by atoms with van der Waals surface area (Å²) in [7, 11) is 0. The van der Waals surface area contributed by atoms with E-state index in [1.54, 1.807) is 22.5 Å². The molecule has 0 saturated carbocycles. The topological polar surface area (TPSA) is 85.8 Å². The summed E-state index contributed by atoms with van der Waals surface area (Å²) >= 11 is 0. The van der Waals surface area contributed by atoms with Gasteiger partial charge in [-0.1, -0.05) is 0 Å². The van der Waals surface area contributed by atoms with Gasteiger partial charge in [0, 0.05) is 31.4 Å². The normalized spacial score (nSPS) is 18.4. The summed E-state index contributed by atoms with van der Waals surface area (Å²) in [6.07, 6.45) is 5.58. The first-order valence-corrected chi connectivity index (χ1v) is 8.27. The maximum absolute atomic E-state index is 12.7. The molecule has 1 amide bonds. The molecule has 130 valence electrons. The number of carbonyl (C=O) groups excluding carboxylic acids is 1. The Bertz CT molecular complexity index is 887. The van der Waals surface area contributed by atoms with Gasteiger partial charge in [0.15, 0.2) is 12.0 Å². The van der Waals surface area contributed by atoms with Crippen LogP contribution in [0.2, 0.25) is 0 Å². The van der Waals surface area contributed by atoms with Crippen LogP contribution in [0.3, 0.4) is 0 Å². The minimum absolute atomic E-state index is 0.136. The van der Waals surface area contributed by atoms with Crippen molar-refractivity contribution in [3.8, 4) is 0 Å². The first-order valence-electron chi connectivity index (χ1n) is 8.27. The minimum Gasteiger partial charge on any atom is -0.438 e. The Morgan fingerprint density at radius 3 is 3.12 bits per heavy atom. The Morgan fingerprint density at radius 2 is 2.28 bits per heavy atom. The summed E-state index contributed by atoms with van der Waals surface area (Å²) in [6.45, 7) is 4.03. The van der Waals surface area contributed by atoms with Crippen molar-refractivity contribution in [1.82, 2.24) is 24.5 Å². The van der Waals surface area contributed by atoms with Gasteiger partial charge in [0.2, 0.25) is 5.76 Å². The molecule has 1 unspecified atom stereocenters. The molecule has 4 rings (SSSR count). The van der Waals surface area contributed by atoms with Gasteiger partial charge in [-0.2, -0.15) is 5.10 Å². The van der Waals surface area contributed by atoms with Crippen molar-refractivity contribution in [1.29, 1.82) is 0 Å². The molecule has 0 spiro atoms. The van der Waals surface area contributed by atoms with Gasteiger partial charge in [-0.3, -0.25) is 4.79 Å². The van der Waals surface area contributed by atoms with Crippen LogP contribution >= 0.6 is 0 Å². The van der Waals surface area contributed by atoms with Crippen molar-refractivity contribution in [2.45, 2.75) is 13.3 Å². The standard InChI is InChI=1S/C17H19N5O3/c1-12-16(25-11-19-12)17(23)21-6-7-24-10-13(9-21)8-14-2-3-15-18-4-5-22(15)20-14/h2-5,11,13H,6-10H2,1H3.